The summed E-state index contributed by atoms with van der Waals surface area (Å²) in [5.41, 5.74) is 1.72. The fourth-order valence-electron chi connectivity index (χ4n) is 3.83. The zero-order valence-electron chi connectivity index (χ0n) is 17.8. The molecule has 0 saturated carbocycles. The van der Waals surface area contributed by atoms with Crippen molar-refractivity contribution in [2.45, 2.75) is 50.7 Å². The standard InChI is InChI=1S/C25H28ClNO4/c1-25(2,19-7-9-20(26)10-8-19)22(28)13-11-21-12-14-23(29)27(21)16-15-17-3-5-18(6-4-17)24(30)31/h3-11,13,21-22,28H,12,14-16H2,1-2H3,(H,30,31)/b13-11-. The van der Waals surface area contributed by atoms with Gasteiger partial charge in [-0.3, -0.25) is 4.79 Å². The van der Waals surface area contributed by atoms with Crippen molar-refractivity contribution < 1.29 is 19.8 Å². The fourth-order valence-corrected chi connectivity index (χ4v) is 3.96. The average Bonchev–Trinajstić information content (AvgIpc) is 3.10. The Bertz CT molecular complexity index is 950. The summed E-state index contributed by atoms with van der Waals surface area (Å²) in [5.74, 6) is -0.852. The van der Waals surface area contributed by atoms with Crippen LogP contribution in [0.15, 0.2) is 60.7 Å². The maximum atomic E-state index is 12.4. The molecule has 1 saturated heterocycles. The summed E-state index contributed by atoms with van der Waals surface area (Å²) in [6, 6.07) is 14.1. The van der Waals surface area contributed by atoms with E-state index in [-0.39, 0.29) is 17.5 Å². The Kier molecular flexibility index (Phi) is 7.19. The van der Waals surface area contributed by atoms with E-state index in [9.17, 15) is 14.7 Å². The van der Waals surface area contributed by atoms with Gasteiger partial charge in [0.15, 0.2) is 0 Å². The lowest BCUT2D eigenvalue weighted by Gasteiger charge is -2.30. The summed E-state index contributed by atoms with van der Waals surface area (Å²) < 4.78 is 0. The van der Waals surface area contributed by atoms with E-state index in [1.165, 1.54) is 0 Å². The molecule has 2 aromatic carbocycles. The van der Waals surface area contributed by atoms with Crippen molar-refractivity contribution in [1.29, 1.82) is 0 Å². The van der Waals surface area contributed by atoms with Crippen molar-refractivity contribution in [2.24, 2.45) is 0 Å². The molecule has 0 aliphatic carbocycles. The Morgan fingerprint density at radius 2 is 1.84 bits per heavy atom. The van der Waals surface area contributed by atoms with E-state index in [4.69, 9.17) is 16.7 Å². The van der Waals surface area contributed by atoms with Crippen LogP contribution < -0.4 is 0 Å². The summed E-state index contributed by atoms with van der Waals surface area (Å²) in [4.78, 5) is 25.2. The van der Waals surface area contributed by atoms with Crippen LogP contribution in [0, 0.1) is 0 Å². The van der Waals surface area contributed by atoms with E-state index in [0.717, 1.165) is 17.5 Å². The molecular weight excluding hydrogens is 414 g/mol. The van der Waals surface area contributed by atoms with Gasteiger partial charge < -0.3 is 15.1 Å². The first-order valence-electron chi connectivity index (χ1n) is 10.4. The maximum Gasteiger partial charge on any atom is 0.335 e. The summed E-state index contributed by atoms with van der Waals surface area (Å²) in [7, 11) is 0. The van der Waals surface area contributed by atoms with Crippen molar-refractivity contribution in [3.8, 4) is 0 Å². The number of amides is 1. The Morgan fingerprint density at radius 1 is 1.19 bits per heavy atom. The van der Waals surface area contributed by atoms with Crippen molar-refractivity contribution in [1.82, 2.24) is 4.90 Å². The van der Waals surface area contributed by atoms with Crippen LogP contribution in [0.25, 0.3) is 0 Å². The minimum atomic E-state index is -0.952. The third-order valence-corrected chi connectivity index (χ3v) is 6.31. The van der Waals surface area contributed by atoms with Gasteiger partial charge in [0.25, 0.3) is 0 Å². The summed E-state index contributed by atoms with van der Waals surface area (Å²) in [6.07, 6.45) is 4.86. The van der Waals surface area contributed by atoms with Crippen LogP contribution in [0.5, 0.6) is 0 Å². The Morgan fingerprint density at radius 3 is 2.45 bits per heavy atom. The lowest BCUT2D eigenvalue weighted by atomic mass is 9.79. The summed E-state index contributed by atoms with van der Waals surface area (Å²) in [6.45, 7) is 4.50. The number of nitrogens with zero attached hydrogens (tertiary/aromatic N) is 1. The van der Waals surface area contributed by atoms with Gasteiger partial charge in [-0.15, -0.1) is 0 Å². The fraction of sp³-hybridized carbons (Fsp3) is 0.360. The predicted molar refractivity (Wildman–Crippen MR) is 121 cm³/mol. The minimum absolute atomic E-state index is 0.0542. The molecule has 1 heterocycles. The highest BCUT2D eigenvalue weighted by Gasteiger charge is 2.31. The molecular formula is C25H28ClNO4. The van der Waals surface area contributed by atoms with Crippen LogP contribution in [0.4, 0.5) is 0 Å². The molecule has 2 aromatic rings. The van der Waals surface area contributed by atoms with Crippen molar-refractivity contribution >= 4 is 23.5 Å². The number of halogens is 1. The van der Waals surface area contributed by atoms with Crippen molar-refractivity contribution in [3.05, 3.63) is 82.4 Å². The molecule has 2 atom stereocenters. The van der Waals surface area contributed by atoms with Gasteiger partial charge >= 0.3 is 5.97 Å². The molecule has 2 N–H and O–H groups in total. The van der Waals surface area contributed by atoms with E-state index in [0.29, 0.717) is 24.4 Å². The Hall–Kier alpha value is -2.63. The van der Waals surface area contributed by atoms with Gasteiger partial charge in [0, 0.05) is 23.4 Å². The normalized spacial score (nSPS) is 18.0. The topological polar surface area (TPSA) is 77.8 Å². The van der Waals surface area contributed by atoms with Gasteiger partial charge in [-0.2, -0.15) is 0 Å². The predicted octanol–water partition coefficient (Wildman–Crippen LogP) is 4.47. The Labute approximate surface area is 188 Å². The maximum absolute atomic E-state index is 12.4. The van der Waals surface area contributed by atoms with Crippen molar-refractivity contribution in [3.63, 3.8) is 0 Å². The monoisotopic (exact) mass is 441 g/mol. The van der Waals surface area contributed by atoms with E-state index < -0.39 is 17.5 Å². The van der Waals surface area contributed by atoms with Gasteiger partial charge in [0.1, 0.15) is 0 Å². The van der Waals surface area contributed by atoms with Gasteiger partial charge in [0.2, 0.25) is 5.91 Å². The summed E-state index contributed by atoms with van der Waals surface area (Å²) in [5, 5.41) is 20.5. The number of likely N-dealkylation sites (tertiary alicyclic amines) is 1. The third-order valence-electron chi connectivity index (χ3n) is 6.06. The molecule has 1 aliphatic rings. The van der Waals surface area contributed by atoms with Crippen LogP contribution in [0.1, 0.15) is 48.2 Å². The smallest absolute Gasteiger partial charge is 0.335 e. The number of carbonyl (C=O) groups is 2. The molecule has 31 heavy (non-hydrogen) atoms. The zero-order chi connectivity index (χ0) is 22.6. The first kappa shape index (κ1) is 23.0. The number of benzene rings is 2. The molecule has 6 heteroatoms. The lowest BCUT2D eigenvalue weighted by molar-refractivity contribution is -0.128. The van der Waals surface area contributed by atoms with E-state index in [1.807, 2.05) is 49.1 Å². The molecule has 1 aliphatic heterocycles. The quantitative estimate of drug-likeness (QED) is 0.592. The first-order chi connectivity index (χ1) is 14.7. The van der Waals surface area contributed by atoms with Crippen LogP contribution >= 0.6 is 11.6 Å². The van der Waals surface area contributed by atoms with Gasteiger partial charge in [-0.1, -0.05) is 61.9 Å². The second-order valence-corrected chi connectivity index (χ2v) is 8.94. The van der Waals surface area contributed by atoms with Crippen LogP contribution in [0.2, 0.25) is 5.02 Å². The van der Waals surface area contributed by atoms with Gasteiger partial charge in [-0.05, 0) is 48.2 Å². The van der Waals surface area contributed by atoms with Crippen LogP contribution in [0.3, 0.4) is 0 Å². The number of carboxylic acid groups (broad SMARTS) is 1. The molecule has 0 spiro atoms. The molecule has 1 fully saturated rings. The molecule has 0 aromatic heterocycles. The second kappa shape index (κ2) is 9.67. The van der Waals surface area contributed by atoms with Crippen LogP contribution in [-0.4, -0.2) is 45.7 Å². The number of aromatic carboxylic acids is 1. The van der Waals surface area contributed by atoms with Crippen molar-refractivity contribution in [2.75, 3.05) is 6.54 Å². The minimum Gasteiger partial charge on any atom is -0.478 e. The third kappa shape index (κ3) is 5.54. The number of carboxylic acids is 1. The molecule has 164 valence electrons. The second-order valence-electron chi connectivity index (χ2n) is 8.50. The number of aliphatic hydroxyl groups is 1. The highest BCUT2D eigenvalue weighted by molar-refractivity contribution is 6.30. The summed E-state index contributed by atoms with van der Waals surface area (Å²) >= 11 is 5.97. The largest absolute Gasteiger partial charge is 0.478 e. The Balaban J connectivity index is 1.64. The number of aliphatic hydroxyl groups excluding tert-OH is 1. The van der Waals surface area contributed by atoms with E-state index in [2.05, 4.69) is 0 Å². The molecule has 0 radical (unpaired) electrons. The highest BCUT2D eigenvalue weighted by atomic mass is 35.5. The molecule has 5 nitrogen and oxygen atoms in total. The number of hydrogen-bond acceptors (Lipinski definition) is 3. The SMILES string of the molecule is CC(C)(c1ccc(Cl)cc1)C(O)/C=C\C1CCC(=O)N1CCc1ccc(C(=O)O)cc1. The van der Waals surface area contributed by atoms with Gasteiger partial charge in [0.05, 0.1) is 17.7 Å². The molecule has 2 unspecified atom stereocenters. The number of rotatable bonds is 8. The number of carbonyl (C=O) groups excluding carboxylic acids is 1. The lowest BCUT2D eigenvalue weighted by Crippen LogP contribution is -2.35. The van der Waals surface area contributed by atoms with E-state index >= 15 is 0 Å². The van der Waals surface area contributed by atoms with E-state index in [1.54, 1.807) is 30.3 Å². The molecule has 0 bridgehead atoms. The molecule has 3 rings (SSSR count). The average molecular weight is 442 g/mol. The molecule has 1 amide bonds. The number of hydrogen-bond donors (Lipinski definition) is 2. The van der Waals surface area contributed by atoms with Gasteiger partial charge in [-0.25, -0.2) is 4.79 Å². The highest BCUT2D eigenvalue weighted by Crippen LogP contribution is 2.30. The first-order valence-corrected chi connectivity index (χ1v) is 10.8. The zero-order valence-corrected chi connectivity index (χ0v) is 18.5. The van der Waals surface area contributed by atoms with Crippen LogP contribution in [-0.2, 0) is 16.6 Å².